The number of hydrogen-bond donors (Lipinski definition) is 1. The molecule has 0 fully saturated rings. The van der Waals surface area contributed by atoms with Crippen molar-refractivity contribution in [3.05, 3.63) is 23.8 Å². The van der Waals surface area contributed by atoms with Gasteiger partial charge in [0.05, 0.1) is 13.7 Å². The lowest BCUT2D eigenvalue weighted by Crippen LogP contribution is -2.27. The monoisotopic (exact) mass is 277 g/mol. The van der Waals surface area contributed by atoms with Crippen molar-refractivity contribution in [2.75, 3.05) is 20.3 Å². The summed E-state index contributed by atoms with van der Waals surface area (Å²) in [6, 6.07) is 6.47. The number of ether oxygens (including phenoxy) is 2. The van der Waals surface area contributed by atoms with Gasteiger partial charge in [0.2, 0.25) is 0 Å². The molecular weight excluding hydrogens is 250 g/mol. The van der Waals surface area contributed by atoms with Gasteiger partial charge in [-0.3, -0.25) is 0 Å². The van der Waals surface area contributed by atoms with Gasteiger partial charge in [-0.25, -0.2) is 0 Å². The van der Waals surface area contributed by atoms with Gasteiger partial charge in [0.25, 0.3) is 0 Å². The van der Waals surface area contributed by atoms with E-state index >= 15 is 0 Å². The van der Waals surface area contributed by atoms with Crippen LogP contribution in [-0.4, -0.2) is 20.3 Å². The zero-order valence-electron chi connectivity index (χ0n) is 12.9. The van der Waals surface area contributed by atoms with Gasteiger partial charge in [0.1, 0.15) is 11.5 Å². The molecule has 0 spiro atoms. The number of fused-ring (bicyclic) bond motifs is 1. The number of nitrogens with one attached hydrogen (secondary N) is 1. The van der Waals surface area contributed by atoms with Gasteiger partial charge in [-0.1, -0.05) is 26.7 Å². The molecule has 2 rings (SSSR count). The highest BCUT2D eigenvalue weighted by atomic mass is 16.5. The predicted octanol–water partition coefficient (Wildman–Crippen LogP) is 3.93. The molecule has 0 saturated heterocycles. The maximum absolute atomic E-state index is 5.72. The number of methoxy groups -OCH3 is 1. The van der Waals surface area contributed by atoms with Crippen LogP contribution >= 0.6 is 0 Å². The van der Waals surface area contributed by atoms with Crippen LogP contribution in [0.15, 0.2) is 18.2 Å². The highest BCUT2D eigenvalue weighted by Crippen LogP contribution is 2.34. The minimum Gasteiger partial charge on any atom is -0.497 e. The summed E-state index contributed by atoms with van der Waals surface area (Å²) in [4.78, 5) is 0. The Labute approximate surface area is 122 Å². The van der Waals surface area contributed by atoms with Gasteiger partial charge in [0, 0.05) is 18.0 Å². The molecule has 1 atom stereocenters. The van der Waals surface area contributed by atoms with Gasteiger partial charge >= 0.3 is 0 Å². The Morgan fingerprint density at radius 1 is 1.35 bits per heavy atom. The average molecular weight is 277 g/mol. The van der Waals surface area contributed by atoms with Crippen molar-refractivity contribution in [1.82, 2.24) is 5.32 Å². The van der Waals surface area contributed by atoms with Crippen LogP contribution in [-0.2, 0) is 0 Å². The van der Waals surface area contributed by atoms with E-state index in [-0.39, 0.29) is 0 Å². The summed E-state index contributed by atoms with van der Waals surface area (Å²) in [6.45, 7) is 6.44. The van der Waals surface area contributed by atoms with Crippen LogP contribution in [0.1, 0.15) is 51.1 Å². The van der Waals surface area contributed by atoms with Crippen LogP contribution in [0, 0.1) is 5.92 Å². The Morgan fingerprint density at radius 3 is 2.95 bits per heavy atom. The van der Waals surface area contributed by atoms with Crippen molar-refractivity contribution in [3.8, 4) is 11.5 Å². The highest BCUT2D eigenvalue weighted by molar-refractivity contribution is 5.43. The van der Waals surface area contributed by atoms with Crippen molar-refractivity contribution in [2.24, 2.45) is 5.92 Å². The van der Waals surface area contributed by atoms with Crippen molar-refractivity contribution < 1.29 is 9.47 Å². The van der Waals surface area contributed by atoms with Crippen molar-refractivity contribution >= 4 is 0 Å². The van der Waals surface area contributed by atoms with Crippen LogP contribution in [0.3, 0.4) is 0 Å². The normalized spacial score (nSPS) is 17.7. The summed E-state index contributed by atoms with van der Waals surface area (Å²) in [5, 5.41) is 3.67. The van der Waals surface area contributed by atoms with E-state index < -0.39 is 0 Å². The van der Waals surface area contributed by atoms with Crippen molar-refractivity contribution in [1.29, 1.82) is 0 Å². The third-order valence-corrected chi connectivity index (χ3v) is 3.86. The third-order valence-electron chi connectivity index (χ3n) is 3.86. The topological polar surface area (TPSA) is 30.5 Å². The maximum atomic E-state index is 5.72. The van der Waals surface area contributed by atoms with Crippen molar-refractivity contribution in [2.45, 2.75) is 45.6 Å². The van der Waals surface area contributed by atoms with Crippen LogP contribution in [0.2, 0.25) is 0 Å². The Kier molecular flexibility index (Phi) is 5.72. The molecule has 0 aliphatic carbocycles. The fourth-order valence-corrected chi connectivity index (χ4v) is 2.67. The largest absolute Gasteiger partial charge is 0.497 e. The van der Waals surface area contributed by atoms with E-state index in [0.29, 0.717) is 6.04 Å². The van der Waals surface area contributed by atoms with E-state index in [4.69, 9.17) is 9.47 Å². The van der Waals surface area contributed by atoms with E-state index in [9.17, 15) is 0 Å². The molecule has 0 bridgehead atoms. The first-order chi connectivity index (χ1) is 9.70. The molecule has 0 amide bonds. The van der Waals surface area contributed by atoms with Crippen LogP contribution < -0.4 is 14.8 Å². The van der Waals surface area contributed by atoms with Crippen LogP contribution in [0.5, 0.6) is 11.5 Å². The second-order valence-corrected chi connectivity index (χ2v) is 5.94. The Morgan fingerprint density at radius 2 is 2.20 bits per heavy atom. The van der Waals surface area contributed by atoms with E-state index in [2.05, 4.69) is 25.2 Å². The molecule has 3 nitrogen and oxygen atoms in total. The lowest BCUT2D eigenvalue weighted by Gasteiger charge is -2.27. The Hall–Kier alpha value is -1.22. The molecule has 20 heavy (non-hydrogen) atoms. The highest BCUT2D eigenvalue weighted by Gasteiger charge is 2.21. The summed E-state index contributed by atoms with van der Waals surface area (Å²) >= 11 is 0. The molecule has 1 unspecified atom stereocenters. The Balaban J connectivity index is 1.87. The van der Waals surface area contributed by atoms with Crippen molar-refractivity contribution in [3.63, 3.8) is 0 Å². The molecular formula is C17H27NO2. The molecule has 1 aliphatic rings. The Bertz CT molecular complexity index is 417. The zero-order chi connectivity index (χ0) is 14.4. The SMILES string of the molecule is COc1ccc2c(c1)C(NCCCCC(C)C)CCO2. The van der Waals surface area contributed by atoms with E-state index in [1.165, 1.54) is 24.8 Å². The van der Waals surface area contributed by atoms with Gasteiger partial charge in [-0.2, -0.15) is 0 Å². The number of unbranched alkanes of at least 4 members (excludes halogenated alkanes) is 1. The molecule has 0 aromatic heterocycles. The molecule has 1 aromatic rings. The fourth-order valence-electron chi connectivity index (χ4n) is 2.67. The standard InChI is InChI=1S/C17H27NO2/c1-13(2)6-4-5-10-18-16-9-11-20-17-8-7-14(19-3)12-15(16)17/h7-8,12-13,16,18H,4-6,9-11H2,1-3H3. The lowest BCUT2D eigenvalue weighted by atomic mass is 9.99. The first-order valence-electron chi connectivity index (χ1n) is 7.75. The molecule has 1 aliphatic heterocycles. The summed E-state index contributed by atoms with van der Waals surface area (Å²) < 4.78 is 11.0. The summed E-state index contributed by atoms with van der Waals surface area (Å²) in [6.07, 6.45) is 4.90. The first-order valence-corrected chi connectivity index (χ1v) is 7.75. The van der Waals surface area contributed by atoms with E-state index in [1.807, 2.05) is 12.1 Å². The van der Waals surface area contributed by atoms with Gasteiger partial charge in [0.15, 0.2) is 0 Å². The summed E-state index contributed by atoms with van der Waals surface area (Å²) in [5.74, 6) is 2.71. The maximum Gasteiger partial charge on any atom is 0.124 e. The zero-order valence-corrected chi connectivity index (χ0v) is 12.9. The molecule has 1 heterocycles. The average Bonchev–Trinajstić information content (AvgIpc) is 2.46. The third kappa shape index (κ3) is 4.14. The predicted molar refractivity (Wildman–Crippen MR) is 82.5 cm³/mol. The minimum absolute atomic E-state index is 0.396. The van der Waals surface area contributed by atoms with E-state index in [0.717, 1.165) is 37.0 Å². The molecule has 112 valence electrons. The second kappa shape index (κ2) is 7.53. The molecule has 0 radical (unpaired) electrons. The molecule has 1 N–H and O–H groups in total. The molecule has 1 aromatic carbocycles. The smallest absolute Gasteiger partial charge is 0.124 e. The van der Waals surface area contributed by atoms with Gasteiger partial charge < -0.3 is 14.8 Å². The van der Waals surface area contributed by atoms with E-state index in [1.54, 1.807) is 7.11 Å². The second-order valence-electron chi connectivity index (χ2n) is 5.94. The first kappa shape index (κ1) is 15.2. The minimum atomic E-state index is 0.396. The molecule has 3 heteroatoms. The lowest BCUT2D eigenvalue weighted by molar-refractivity contribution is 0.251. The number of rotatable bonds is 7. The quantitative estimate of drug-likeness (QED) is 0.766. The fraction of sp³-hybridized carbons (Fsp3) is 0.647. The summed E-state index contributed by atoms with van der Waals surface area (Å²) in [7, 11) is 1.71. The number of benzene rings is 1. The summed E-state index contributed by atoms with van der Waals surface area (Å²) in [5.41, 5.74) is 1.24. The van der Waals surface area contributed by atoms with Crippen LogP contribution in [0.25, 0.3) is 0 Å². The molecule has 0 saturated carbocycles. The van der Waals surface area contributed by atoms with Gasteiger partial charge in [-0.05, 0) is 37.1 Å². The van der Waals surface area contributed by atoms with Crippen LogP contribution in [0.4, 0.5) is 0 Å². The number of hydrogen-bond acceptors (Lipinski definition) is 3. The van der Waals surface area contributed by atoms with Gasteiger partial charge in [-0.15, -0.1) is 0 Å².